The first-order chi connectivity index (χ1) is 10.7. The molecule has 7 heteroatoms. The summed E-state index contributed by atoms with van der Waals surface area (Å²) in [5.74, 6) is 0.261. The fourth-order valence-corrected chi connectivity index (χ4v) is 2.05. The van der Waals surface area contributed by atoms with E-state index in [-0.39, 0.29) is 11.6 Å². The Morgan fingerprint density at radius 1 is 1.14 bits per heavy atom. The van der Waals surface area contributed by atoms with Gasteiger partial charge in [0.15, 0.2) is 0 Å². The molecule has 0 saturated heterocycles. The third-order valence-corrected chi connectivity index (χ3v) is 3.25. The van der Waals surface area contributed by atoms with Crippen molar-refractivity contribution in [3.63, 3.8) is 0 Å². The van der Waals surface area contributed by atoms with Crippen LogP contribution in [0.15, 0.2) is 55.1 Å². The first-order valence-corrected chi connectivity index (χ1v) is 6.94. The average Bonchev–Trinajstić information content (AvgIpc) is 2.97. The van der Waals surface area contributed by atoms with E-state index in [1.54, 1.807) is 16.9 Å². The molecule has 0 aliphatic carbocycles. The van der Waals surface area contributed by atoms with E-state index in [4.69, 9.17) is 11.6 Å². The van der Waals surface area contributed by atoms with Gasteiger partial charge in [-0.2, -0.15) is 5.10 Å². The zero-order valence-electron chi connectivity index (χ0n) is 11.5. The molecule has 110 valence electrons. The zero-order chi connectivity index (χ0) is 15.4. The minimum Gasteiger partial charge on any atom is -0.305 e. The van der Waals surface area contributed by atoms with Crippen LogP contribution >= 0.6 is 11.6 Å². The summed E-state index contributed by atoms with van der Waals surface area (Å²) >= 11 is 5.87. The largest absolute Gasteiger partial charge is 0.305 e. The molecule has 0 bridgehead atoms. The number of anilines is 1. The van der Waals surface area contributed by atoms with Gasteiger partial charge in [-0.3, -0.25) is 9.78 Å². The molecule has 0 radical (unpaired) electrons. The fraction of sp³-hybridized carbons (Fsp3) is 0.0667. The van der Waals surface area contributed by atoms with Crippen LogP contribution in [-0.2, 0) is 6.54 Å². The smallest absolute Gasteiger partial charge is 0.277 e. The molecule has 1 N–H and O–H groups in total. The highest BCUT2D eigenvalue weighted by Crippen LogP contribution is 2.14. The van der Waals surface area contributed by atoms with Gasteiger partial charge >= 0.3 is 0 Å². The Bertz CT molecular complexity index is 770. The highest BCUT2D eigenvalue weighted by Gasteiger charge is 2.11. The average molecular weight is 314 g/mol. The van der Waals surface area contributed by atoms with Crippen LogP contribution in [0.1, 0.15) is 16.1 Å². The van der Waals surface area contributed by atoms with Crippen LogP contribution in [0.2, 0.25) is 5.02 Å². The lowest BCUT2D eigenvalue weighted by Crippen LogP contribution is -2.17. The SMILES string of the molecule is O=C(Nc1ccnn1Cc1ccc(Cl)cc1)c1cnccn1. The van der Waals surface area contributed by atoms with Crippen LogP contribution in [0.4, 0.5) is 5.82 Å². The maximum absolute atomic E-state index is 12.1. The molecule has 1 aromatic carbocycles. The fourth-order valence-electron chi connectivity index (χ4n) is 1.92. The topological polar surface area (TPSA) is 72.7 Å². The molecule has 6 nitrogen and oxygen atoms in total. The molecular weight excluding hydrogens is 302 g/mol. The van der Waals surface area contributed by atoms with Crippen LogP contribution in [0, 0.1) is 0 Å². The maximum Gasteiger partial charge on any atom is 0.277 e. The van der Waals surface area contributed by atoms with Crippen LogP contribution in [0.25, 0.3) is 0 Å². The first kappa shape index (κ1) is 14.2. The van der Waals surface area contributed by atoms with Crippen molar-refractivity contribution in [2.45, 2.75) is 6.54 Å². The molecule has 0 saturated carbocycles. The van der Waals surface area contributed by atoms with Crippen LogP contribution < -0.4 is 5.32 Å². The van der Waals surface area contributed by atoms with E-state index in [0.717, 1.165) is 5.56 Å². The van der Waals surface area contributed by atoms with E-state index >= 15 is 0 Å². The minimum absolute atomic E-state index is 0.252. The second-order valence-corrected chi connectivity index (χ2v) is 4.98. The Labute approximate surface area is 131 Å². The van der Waals surface area contributed by atoms with Crippen LogP contribution in [0.3, 0.4) is 0 Å². The third-order valence-electron chi connectivity index (χ3n) is 3.00. The van der Waals surface area contributed by atoms with Gasteiger partial charge in [0, 0.05) is 23.5 Å². The number of amides is 1. The van der Waals surface area contributed by atoms with Crippen molar-refractivity contribution in [3.05, 3.63) is 71.4 Å². The summed E-state index contributed by atoms with van der Waals surface area (Å²) in [5.41, 5.74) is 1.28. The standard InChI is InChI=1S/C15H12ClN5O/c16-12-3-1-11(2-4-12)10-21-14(5-6-19-21)20-15(22)13-9-17-7-8-18-13/h1-9H,10H2,(H,20,22). The Hall–Kier alpha value is -2.73. The molecule has 0 aliphatic heterocycles. The number of nitrogens with zero attached hydrogens (tertiary/aromatic N) is 4. The van der Waals surface area contributed by atoms with E-state index in [2.05, 4.69) is 20.4 Å². The van der Waals surface area contributed by atoms with Crippen molar-refractivity contribution < 1.29 is 4.79 Å². The number of benzene rings is 1. The Morgan fingerprint density at radius 2 is 1.95 bits per heavy atom. The van der Waals surface area contributed by atoms with Crippen LogP contribution in [-0.4, -0.2) is 25.7 Å². The molecule has 3 aromatic rings. The van der Waals surface area contributed by atoms with E-state index in [1.807, 2.05) is 24.3 Å². The number of rotatable bonds is 4. The summed E-state index contributed by atoms with van der Waals surface area (Å²) in [6, 6.07) is 9.19. The summed E-state index contributed by atoms with van der Waals surface area (Å²) in [4.78, 5) is 19.9. The molecule has 2 aromatic heterocycles. The van der Waals surface area contributed by atoms with Gasteiger partial charge in [0.05, 0.1) is 18.9 Å². The highest BCUT2D eigenvalue weighted by molar-refractivity contribution is 6.30. The van der Waals surface area contributed by atoms with E-state index in [0.29, 0.717) is 17.4 Å². The number of carbonyl (C=O) groups is 1. The van der Waals surface area contributed by atoms with Gasteiger partial charge in [0.2, 0.25) is 0 Å². The van der Waals surface area contributed by atoms with Crippen molar-refractivity contribution in [1.29, 1.82) is 0 Å². The maximum atomic E-state index is 12.1. The summed E-state index contributed by atoms with van der Waals surface area (Å²) in [5, 5.41) is 7.67. The Balaban J connectivity index is 1.75. The summed E-state index contributed by atoms with van der Waals surface area (Å²) in [6.45, 7) is 0.528. The molecule has 0 fully saturated rings. The quantitative estimate of drug-likeness (QED) is 0.803. The molecule has 0 aliphatic rings. The molecule has 0 spiro atoms. The van der Waals surface area contributed by atoms with Crippen molar-refractivity contribution in [1.82, 2.24) is 19.7 Å². The number of hydrogen-bond acceptors (Lipinski definition) is 4. The first-order valence-electron chi connectivity index (χ1n) is 6.56. The Morgan fingerprint density at radius 3 is 2.68 bits per heavy atom. The number of aromatic nitrogens is 4. The summed E-state index contributed by atoms with van der Waals surface area (Å²) in [7, 11) is 0. The van der Waals surface area contributed by atoms with Crippen molar-refractivity contribution in [2.24, 2.45) is 0 Å². The minimum atomic E-state index is -0.328. The van der Waals surface area contributed by atoms with Crippen molar-refractivity contribution in [3.8, 4) is 0 Å². The predicted molar refractivity (Wildman–Crippen MR) is 82.8 cm³/mol. The molecule has 2 heterocycles. The Kier molecular flexibility index (Phi) is 4.11. The van der Waals surface area contributed by atoms with Crippen LogP contribution in [0.5, 0.6) is 0 Å². The predicted octanol–water partition coefficient (Wildman–Crippen LogP) is 2.63. The van der Waals surface area contributed by atoms with E-state index in [1.165, 1.54) is 18.6 Å². The molecular formula is C15H12ClN5O. The molecule has 0 atom stereocenters. The van der Waals surface area contributed by atoms with Crippen molar-refractivity contribution in [2.75, 3.05) is 5.32 Å². The zero-order valence-corrected chi connectivity index (χ0v) is 12.2. The second-order valence-electron chi connectivity index (χ2n) is 4.55. The summed E-state index contributed by atoms with van der Waals surface area (Å²) in [6.07, 6.45) is 6.03. The molecule has 0 unspecified atom stereocenters. The normalized spacial score (nSPS) is 10.4. The monoisotopic (exact) mass is 313 g/mol. The van der Waals surface area contributed by atoms with Gasteiger partial charge < -0.3 is 5.32 Å². The van der Waals surface area contributed by atoms with Gasteiger partial charge in [0.25, 0.3) is 5.91 Å². The van der Waals surface area contributed by atoms with E-state index < -0.39 is 0 Å². The summed E-state index contributed by atoms with van der Waals surface area (Å²) < 4.78 is 1.69. The third kappa shape index (κ3) is 3.29. The number of carbonyl (C=O) groups excluding carboxylic acids is 1. The molecule has 3 rings (SSSR count). The van der Waals surface area contributed by atoms with E-state index in [9.17, 15) is 4.79 Å². The van der Waals surface area contributed by atoms with Gasteiger partial charge in [0.1, 0.15) is 11.5 Å². The lowest BCUT2D eigenvalue weighted by molar-refractivity contribution is 0.102. The number of hydrogen-bond donors (Lipinski definition) is 1. The van der Waals surface area contributed by atoms with Gasteiger partial charge in [-0.15, -0.1) is 0 Å². The highest BCUT2D eigenvalue weighted by atomic mass is 35.5. The number of nitrogens with one attached hydrogen (secondary N) is 1. The lowest BCUT2D eigenvalue weighted by atomic mass is 10.2. The lowest BCUT2D eigenvalue weighted by Gasteiger charge is -2.09. The van der Waals surface area contributed by atoms with Gasteiger partial charge in [-0.25, -0.2) is 9.67 Å². The van der Waals surface area contributed by atoms with Gasteiger partial charge in [-0.1, -0.05) is 23.7 Å². The second kappa shape index (κ2) is 6.36. The van der Waals surface area contributed by atoms with Gasteiger partial charge in [-0.05, 0) is 17.7 Å². The number of halogens is 1. The molecule has 22 heavy (non-hydrogen) atoms. The molecule has 1 amide bonds. The van der Waals surface area contributed by atoms with Crippen molar-refractivity contribution >= 4 is 23.3 Å².